The number of Topliss-reactive ketones (excluding diaryl/α,β-unsaturated/α-hetero) is 2. The predicted octanol–water partition coefficient (Wildman–Crippen LogP) is -8.41. The highest BCUT2D eigenvalue weighted by atomic mass is 31.2. The molecule has 8 amide bonds. The molecule has 0 bridgehead atoms. The molecule has 0 aromatic heterocycles. The number of aliphatic hydroxyl groups is 13. The molecule has 5 aliphatic rings. The van der Waals surface area contributed by atoms with Gasteiger partial charge in [0.15, 0.2) is 25.2 Å². The number of aliphatic hydroxyl groups excluding tert-OH is 13. The maximum Gasteiger partial charge on any atom is 0.325 e. The number of carbonyl (C=O) groups excluding carboxylic acids is 10. The second kappa shape index (κ2) is 55.3. The lowest BCUT2D eigenvalue weighted by molar-refractivity contribution is -0.284. The van der Waals surface area contributed by atoms with Crippen LogP contribution in [0, 0.1) is 28.6 Å². The molecule has 0 radical (unpaired) electrons. The lowest BCUT2D eigenvalue weighted by Crippen LogP contribution is -2.64. The summed E-state index contributed by atoms with van der Waals surface area (Å²) in [6.45, 7) is 4.99. The highest BCUT2D eigenvalue weighted by Gasteiger charge is 2.54. The highest BCUT2D eigenvalue weighted by molar-refractivity contribution is 7.51. The van der Waals surface area contributed by atoms with Gasteiger partial charge in [0, 0.05) is 133 Å². The fourth-order valence-corrected chi connectivity index (χ4v) is 14.9. The van der Waals surface area contributed by atoms with Crippen molar-refractivity contribution in [2.24, 2.45) is 28.6 Å². The van der Waals surface area contributed by atoms with Crippen molar-refractivity contribution in [3.8, 4) is 0 Å². The van der Waals surface area contributed by atoms with Gasteiger partial charge in [-0.3, -0.25) is 52.5 Å². The Hall–Kier alpha value is -5.75. The topological polar surface area (TPSA) is 678 Å². The number of nitrogens with one attached hydrogen (secondary N) is 7. The number of carbonyl (C=O) groups is 10. The summed E-state index contributed by atoms with van der Waals surface area (Å²) < 4.78 is 85.0. The van der Waals surface area contributed by atoms with E-state index < -0.39 is 271 Å². The van der Waals surface area contributed by atoms with Crippen LogP contribution in [0.4, 0.5) is 0 Å². The molecule has 5 heterocycles. The van der Waals surface area contributed by atoms with Crippen molar-refractivity contribution >= 4 is 66.4 Å². The zero-order valence-corrected chi connectivity index (χ0v) is 72.4. The van der Waals surface area contributed by atoms with Crippen LogP contribution in [0.25, 0.3) is 0 Å². The minimum absolute atomic E-state index is 0.0190. The van der Waals surface area contributed by atoms with Crippen molar-refractivity contribution < 1.29 is 185 Å². The molecule has 0 aliphatic carbocycles. The second-order valence-corrected chi connectivity index (χ2v) is 34.1. The molecular formula is C77H135N8O38P. The minimum atomic E-state index is -3.98. The molecule has 5 saturated heterocycles. The van der Waals surface area contributed by atoms with E-state index in [4.69, 9.17) is 61.4 Å². The van der Waals surface area contributed by atoms with Crippen molar-refractivity contribution in [2.75, 3.05) is 158 Å². The molecule has 0 saturated carbocycles. The molecule has 5 fully saturated rings. The van der Waals surface area contributed by atoms with Gasteiger partial charge in [-0.25, -0.2) is 0 Å². The number of hydrogen-bond acceptors (Lipinski definition) is 37. The van der Waals surface area contributed by atoms with Crippen LogP contribution in [-0.4, -0.2) is 416 Å². The SMILES string of the molecule is CC(=O)N[C@H]1C(OCCOCCNC(=O)CC[C@H](NC(=O)CC[C@H](CC(=O)CCCC(=O)N2C[C@](C)(CO)[C@](C)(COP(C)(=O)O)C2)C(=O)N[C@@H](CCC(=O)CCCOCCOC2O[C@H](CO)[C@H](O)[C@H](O)[C@H]2C)C(=O)NCCOCCOC2O[C@H](CO)[C@H](O)[C@H](O)[C@H]2C)C(=O)NCCOCCOC2O[C@H](CO)[C@H](O)[C@H](O)[C@H]2NC(C)=O)O[C@H](CO)[C@H](O)[C@@H]1O. The standard InChI is InChI=1S/C77H135N8O38P/c1-43-61(98)63(100)52(35-86)120-72(43)115-30-26-111-22-9-11-48(93)14-15-51(71(108)80-21-25-113-27-31-116-73-44(2)62(99)64(101)53(36-87)121-73)84-69(106)47(34-49(94)10-8-12-58(97)85-39-76(5,41-90)77(6,40-85)42-119-124(7,109)110)13-17-57(96)83-50(70(107)79-20-24-114-29-33-118-75-60(82-46(4)92)68(105)66(103)55(38-89)123-75)16-18-56(95)78-19-23-112-28-32-117-74-59(81-45(3)91)67(104)65(102)54(37-88)122-74/h43-44,47,50-55,59-68,72-75,86-90,98-105H,8-42H2,1-7H3,(H,78,95)(H,79,107)(H,80,108)(H,81,91)(H,82,92)(H,83,96)(H,84,106)(H,109,110)/t43-,44-,47-,50+,51+,52-,53-,54-,55-,59-,60-,61-,62-,63+,64+,65+,66+,67-,68-,72?,73?,74?,75?,76-,77+/m1/s1. The Labute approximate surface area is 719 Å². The third-order valence-electron chi connectivity index (χ3n) is 22.2. The van der Waals surface area contributed by atoms with Gasteiger partial charge in [0.2, 0.25) is 47.3 Å². The Morgan fingerprint density at radius 2 is 0.839 bits per heavy atom. The molecule has 0 aromatic carbocycles. The molecule has 21 N–H and O–H groups in total. The van der Waals surface area contributed by atoms with Crippen LogP contribution in [-0.2, 0) is 114 Å². The van der Waals surface area contributed by atoms with E-state index in [0.29, 0.717) is 0 Å². The Morgan fingerprint density at radius 1 is 0.444 bits per heavy atom. The Kier molecular flexibility index (Phi) is 48.5. The molecule has 124 heavy (non-hydrogen) atoms. The summed E-state index contributed by atoms with van der Waals surface area (Å²) in [7, 11) is -3.98. The molecule has 5 rings (SSSR count). The number of amides is 8. The first-order valence-corrected chi connectivity index (χ1v) is 43.9. The van der Waals surface area contributed by atoms with Crippen LogP contribution in [0.15, 0.2) is 0 Å². The molecule has 716 valence electrons. The van der Waals surface area contributed by atoms with Gasteiger partial charge in [-0.1, -0.05) is 27.7 Å². The molecule has 47 heteroatoms. The molecule has 0 aromatic rings. The van der Waals surface area contributed by atoms with Crippen molar-refractivity contribution in [3.63, 3.8) is 0 Å². The lowest BCUT2D eigenvalue weighted by atomic mass is 9.69. The Bertz CT molecular complexity index is 3320. The molecule has 5 unspecified atom stereocenters. The van der Waals surface area contributed by atoms with E-state index in [-0.39, 0.29) is 176 Å². The average Bonchev–Trinajstić information content (AvgIpc) is 1.60. The monoisotopic (exact) mass is 1810 g/mol. The van der Waals surface area contributed by atoms with Crippen molar-refractivity contribution in [3.05, 3.63) is 0 Å². The number of hydrogen-bond donors (Lipinski definition) is 21. The summed E-state index contributed by atoms with van der Waals surface area (Å²) in [4.78, 5) is 148. The Morgan fingerprint density at radius 3 is 1.28 bits per heavy atom. The normalized spacial score (nSPS) is 30.7. The largest absolute Gasteiger partial charge is 0.396 e. The van der Waals surface area contributed by atoms with E-state index in [2.05, 4.69) is 37.2 Å². The van der Waals surface area contributed by atoms with Crippen LogP contribution in [0.1, 0.15) is 119 Å². The predicted molar refractivity (Wildman–Crippen MR) is 425 cm³/mol. The van der Waals surface area contributed by atoms with Crippen LogP contribution >= 0.6 is 7.60 Å². The smallest absolute Gasteiger partial charge is 0.325 e. The van der Waals surface area contributed by atoms with Gasteiger partial charge in [0.25, 0.3) is 0 Å². The van der Waals surface area contributed by atoms with Crippen molar-refractivity contribution in [1.29, 1.82) is 0 Å². The third kappa shape index (κ3) is 35.6. The quantitative estimate of drug-likeness (QED) is 0.0199. The number of ether oxygens (including phenoxy) is 12. The number of ketones is 2. The average molecular weight is 1810 g/mol. The Balaban J connectivity index is 1.31. The third-order valence-corrected chi connectivity index (χ3v) is 22.9. The van der Waals surface area contributed by atoms with Crippen molar-refractivity contribution in [1.82, 2.24) is 42.1 Å². The first kappa shape index (κ1) is 109. The second-order valence-electron chi connectivity index (χ2n) is 32.2. The van der Waals surface area contributed by atoms with Crippen LogP contribution in [0.5, 0.6) is 0 Å². The van der Waals surface area contributed by atoms with E-state index >= 15 is 0 Å². The highest BCUT2D eigenvalue weighted by Crippen LogP contribution is 2.50. The number of nitrogens with zero attached hydrogens (tertiary/aromatic N) is 1. The van der Waals surface area contributed by atoms with Crippen LogP contribution < -0.4 is 37.2 Å². The van der Waals surface area contributed by atoms with Crippen LogP contribution in [0.3, 0.4) is 0 Å². The van der Waals surface area contributed by atoms with E-state index in [1.165, 1.54) is 11.8 Å². The fourth-order valence-electron chi connectivity index (χ4n) is 14.4. The minimum Gasteiger partial charge on any atom is -0.396 e. The molecule has 26 atom stereocenters. The number of rotatable bonds is 59. The maximum absolute atomic E-state index is 14.9. The van der Waals surface area contributed by atoms with Gasteiger partial charge >= 0.3 is 7.60 Å². The van der Waals surface area contributed by atoms with Gasteiger partial charge < -0.3 is 175 Å². The van der Waals surface area contributed by atoms with E-state index in [0.717, 1.165) is 13.6 Å². The molecule has 5 aliphatic heterocycles. The molecular weight excluding hydrogens is 1680 g/mol. The van der Waals surface area contributed by atoms with E-state index in [1.807, 2.05) is 0 Å². The maximum atomic E-state index is 14.9. The van der Waals surface area contributed by atoms with Gasteiger partial charge in [-0.2, -0.15) is 0 Å². The summed E-state index contributed by atoms with van der Waals surface area (Å²) in [5.41, 5.74) is -1.96. The van der Waals surface area contributed by atoms with Crippen molar-refractivity contribution in [2.45, 2.75) is 241 Å². The summed E-state index contributed by atoms with van der Waals surface area (Å²) in [5, 5.41) is 150. The van der Waals surface area contributed by atoms with Gasteiger partial charge in [0.1, 0.15) is 96.8 Å². The van der Waals surface area contributed by atoms with Crippen LogP contribution in [0.2, 0.25) is 0 Å². The first-order valence-electron chi connectivity index (χ1n) is 41.9. The van der Waals surface area contributed by atoms with E-state index in [1.54, 1.807) is 27.7 Å². The summed E-state index contributed by atoms with van der Waals surface area (Å²) in [6, 6.07) is -5.44. The molecule has 0 spiro atoms. The van der Waals surface area contributed by atoms with Gasteiger partial charge in [-0.05, 0) is 32.1 Å². The zero-order chi connectivity index (χ0) is 92.0. The van der Waals surface area contributed by atoms with Gasteiger partial charge in [-0.15, -0.1) is 0 Å². The summed E-state index contributed by atoms with van der Waals surface area (Å²) in [6.07, 6.45) is -24.3. The number of likely N-dealkylation sites (tertiary alicyclic amines) is 1. The van der Waals surface area contributed by atoms with Gasteiger partial charge in [0.05, 0.1) is 125 Å². The lowest BCUT2D eigenvalue weighted by Gasteiger charge is -2.42. The summed E-state index contributed by atoms with van der Waals surface area (Å²) >= 11 is 0. The first-order chi connectivity index (χ1) is 58.8. The zero-order valence-electron chi connectivity index (χ0n) is 71.5. The summed E-state index contributed by atoms with van der Waals surface area (Å²) in [5.74, 6) is -9.41. The fraction of sp³-hybridized carbons (Fsp3) is 0.870. The van der Waals surface area contributed by atoms with E-state index in [9.17, 15) is 124 Å². The molecule has 46 nitrogen and oxygen atoms in total.